The van der Waals surface area contributed by atoms with Crippen molar-refractivity contribution in [2.75, 3.05) is 0 Å². The third-order valence-corrected chi connectivity index (χ3v) is 4.96. The quantitative estimate of drug-likeness (QED) is 0.655. The first-order chi connectivity index (χ1) is 12.3. The van der Waals surface area contributed by atoms with Crippen molar-refractivity contribution in [3.63, 3.8) is 0 Å². The summed E-state index contributed by atoms with van der Waals surface area (Å²) in [4.78, 5) is 28.2. The van der Waals surface area contributed by atoms with Gasteiger partial charge in [-0.25, -0.2) is 14.0 Å². The van der Waals surface area contributed by atoms with Crippen LogP contribution >= 0.6 is 22.9 Å². The lowest BCUT2D eigenvalue weighted by Crippen LogP contribution is -2.11. The second-order valence-corrected chi connectivity index (χ2v) is 6.76. The van der Waals surface area contributed by atoms with Crippen LogP contribution in [-0.2, 0) is 0 Å². The molecule has 0 aliphatic carbocycles. The molecule has 0 saturated carbocycles. The lowest BCUT2D eigenvalue weighted by Gasteiger charge is -2.17. The molecule has 0 fully saturated rings. The van der Waals surface area contributed by atoms with Crippen LogP contribution in [0.5, 0.6) is 0 Å². The summed E-state index contributed by atoms with van der Waals surface area (Å²) in [6, 6.07) is 5.06. The smallest absolute Gasteiger partial charge is 0.337 e. The Bertz CT molecular complexity index is 1030. The molecule has 0 radical (unpaired) electrons. The van der Waals surface area contributed by atoms with Gasteiger partial charge in [-0.2, -0.15) is 0 Å². The normalized spacial score (nSPS) is 10.7. The second-order valence-electron chi connectivity index (χ2n) is 5.47. The van der Waals surface area contributed by atoms with Gasteiger partial charge in [0.2, 0.25) is 0 Å². The Morgan fingerprint density at radius 3 is 2.35 bits per heavy atom. The number of rotatable bonds is 4. The third kappa shape index (κ3) is 3.07. The average molecular weight is 392 g/mol. The van der Waals surface area contributed by atoms with Crippen molar-refractivity contribution in [2.24, 2.45) is 0 Å². The fourth-order valence-corrected chi connectivity index (χ4v) is 3.77. The first kappa shape index (κ1) is 18.0. The molecule has 0 bridgehead atoms. The Morgan fingerprint density at radius 2 is 1.81 bits per heavy atom. The van der Waals surface area contributed by atoms with Crippen LogP contribution in [0.2, 0.25) is 5.02 Å². The van der Waals surface area contributed by atoms with Crippen LogP contribution in [0.1, 0.15) is 26.3 Å². The molecule has 0 amide bonds. The molecule has 0 saturated heterocycles. The average Bonchev–Trinajstić information content (AvgIpc) is 3.07. The van der Waals surface area contributed by atoms with Gasteiger partial charge in [0.25, 0.3) is 0 Å². The SMILES string of the molecule is Cc1cc(-c2ccc(F)cc2Cl)c(C(=O)O)c(-c2cncs2)c1C(=O)O. The summed E-state index contributed by atoms with van der Waals surface area (Å²) in [7, 11) is 0. The maximum atomic E-state index is 13.4. The van der Waals surface area contributed by atoms with E-state index in [0.29, 0.717) is 16.0 Å². The molecule has 3 aromatic rings. The Kier molecular flexibility index (Phi) is 4.76. The van der Waals surface area contributed by atoms with E-state index in [1.165, 1.54) is 29.9 Å². The molecule has 132 valence electrons. The summed E-state index contributed by atoms with van der Waals surface area (Å²) in [5.74, 6) is -3.12. The maximum absolute atomic E-state index is 13.4. The van der Waals surface area contributed by atoms with E-state index >= 15 is 0 Å². The van der Waals surface area contributed by atoms with Crippen molar-refractivity contribution >= 4 is 34.9 Å². The third-order valence-electron chi connectivity index (χ3n) is 3.85. The van der Waals surface area contributed by atoms with Crippen LogP contribution in [0, 0.1) is 12.7 Å². The van der Waals surface area contributed by atoms with Crippen LogP contribution in [0.15, 0.2) is 36.0 Å². The minimum Gasteiger partial charge on any atom is -0.478 e. The number of carboxylic acid groups (broad SMARTS) is 2. The molecule has 26 heavy (non-hydrogen) atoms. The molecule has 0 aliphatic rings. The van der Waals surface area contributed by atoms with Gasteiger partial charge in [0.1, 0.15) is 5.82 Å². The number of benzene rings is 2. The molecular weight excluding hydrogens is 381 g/mol. The van der Waals surface area contributed by atoms with E-state index in [1.54, 1.807) is 6.92 Å². The van der Waals surface area contributed by atoms with Crippen molar-refractivity contribution < 1.29 is 24.2 Å². The molecule has 8 heteroatoms. The number of carboxylic acids is 2. The minimum atomic E-state index is -1.31. The van der Waals surface area contributed by atoms with Crippen LogP contribution in [0.3, 0.4) is 0 Å². The molecule has 1 heterocycles. The lowest BCUT2D eigenvalue weighted by atomic mass is 9.88. The molecule has 0 unspecified atom stereocenters. The predicted molar refractivity (Wildman–Crippen MR) is 96.6 cm³/mol. The standard InChI is InChI=1S/C18H11ClFNO4S/c1-8-4-11(10-3-2-9(20)5-12(10)19)15(18(24)25)16(14(8)17(22)23)13-6-21-7-26-13/h2-7H,1H3,(H,22,23)(H,24,25). The fourth-order valence-electron chi connectivity index (χ4n) is 2.82. The van der Waals surface area contributed by atoms with Gasteiger partial charge in [-0.15, -0.1) is 11.3 Å². The lowest BCUT2D eigenvalue weighted by molar-refractivity contribution is 0.0695. The van der Waals surface area contributed by atoms with E-state index < -0.39 is 17.8 Å². The zero-order valence-electron chi connectivity index (χ0n) is 13.3. The van der Waals surface area contributed by atoms with E-state index in [-0.39, 0.29) is 27.3 Å². The first-order valence-corrected chi connectivity index (χ1v) is 8.55. The Labute approximate surface area is 156 Å². The second kappa shape index (κ2) is 6.86. The first-order valence-electron chi connectivity index (χ1n) is 7.29. The van der Waals surface area contributed by atoms with Crippen LogP contribution < -0.4 is 0 Å². The molecule has 2 aromatic carbocycles. The molecular formula is C18H11ClFNO4S. The van der Waals surface area contributed by atoms with Gasteiger partial charge >= 0.3 is 11.9 Å². The van der Waals surface area contributed by atoms with E-state index in [0.717, 1.165) is 17.4 Å². The number of carbonyl (C=O) groups is 2. The van der Waals surface area contributed by atoms with Gasteiger partial charge in [0, 0.05) is 17.3 Å². The highest BCUT2D eigenvalue weighted by Gasteiger charge is 2.28. The number of aryl methyl sites for hydroxylation is 1. The summed E-state index contributed by atoms with van der Waals surface area (Å²) in [6.45, 7) is 1.57. The molecule has 2 N–H and O–H groups in total. The zero-order valence-corrected chi connectivity index (χ0v) is 14.9. The highest BCUT2D eigenvalue weighted by atomic mass is 35.5. The van der Waals surface area contributed by atoms with E-state index in [2.05, 4.69) is 4.98 Å². The van der Waals surface area contributed by atoms with E-state index in [1.807, 2.05) is 0 Å². The summed E-state index contributed by atoms with van der Waals surface area (Å²) in [5.41, 5.74) is 2.09. The molecule has 0 atom stereocenters. The number of hydrogen-bond acceptors (Lipinski definition) is 4. The van der Waals surface area contributed by atoms with Crippen LogP contribution in [0.25, 0.3) is 21.6 Å². The van der Waals surface area contributed by atoms with Gasteiger partial charge in [-0.1, -0.05) is 11.6 Å². The molecule has 1 aromatic heterocycles. The monoisotopic (exact) mass is 391 g/mol. The highest BCUT2D eigenvalue weighted by Crippen LogP contribution is 2.41. The Balaban J connectivity index is 2.47. The number of aromatic nitrogens is 1. The molecule has 3 rings (SSSR count). The van der Waals surface area contributed by atoms with Crippen LogP contribution in [-0.4, -0.2) is 27.1 Å². The minimum absolute atomic E-state index is 0.0326. The largest absolute Gasteiger partial charge is 0.478 e. The van der Waals surface area contributed by atoms with Crippen molar-refractivity contribution in [1.82, 2.24) is 4.98 Å². The van der Waals surface area contributed by atoms with E-state index in [4.69, 9.17) is 11.6 Å². The van der Waals surface area contributed by atoms with E-state index in [9.17, 15) is 24.2 Å². The number of thiazole rings is 1. The summed E-state index contributed by atoms with van der Waals surface area (Å²) in [6.07, 6.45) is 1.41. The zero-order chi connectivity index (χ0) is 19.0. The number of aromatic carboxylic acids is 2. The fraction of sp³-hybridized carbons (Fsp3) is 0.0556. The molecule has 5 nitrogen and oxygen atoms in total. The summed E-state index contributed by atoms with van der Waals surface area (Å²) >= 11 is 7.24. The molecule has 0 aliphatic heterocycles. The maximum Gasteiger partial charge on any atom is 0.337 e. The Morgan fingerprint density at radius 1 is 1.12 bits per heavy atom. The summed E-state index contributed by atoms with van der Waals surface area (Å²) in [5, 5.41) is 19.5. The van der Waals surface area contributed by atoms with Crippen molar-refractivity contribution in [3.05, 3.63) is 63.5 Å². The van der Waals surface area contributed by atoms with Gasteiger partial charge in [0.15, 0.2) is 0 Å². The summed E-state index contributed by atoms with van der Waals surface area (Å²) < 4.78 is 13.4. The van der Waals surface area contributed by atoms with Crippen molar-refractivity contribution in [3.8, 4) is 21.6 Å². The van der Waals surface area contributed by atoms with Gasteiger partial charge in [0.05, 0.1) is 26.5 Å². The topological polar surface area (TPSA) is 87.5 Å². The van der Waals surface area contributed by atoms with Gasteiger partial charge in [-0.3, -0.25) is 4.98 Å². The van der Waals surface area contributed by atoms with Crippen molar-refractivity contribution in [2.45, 2.75) is 6.92 Å². The van der Waals surface area contributed by atoms with Crippen LogP contribution in [0.4, 0.5) is 4.39 Å². The van der Waals surface area contributed by atoms with Crippen molar-refractivity contribution in [1.29, 1.82) is 0 Å². The number of nitrogens with zero attached hydrogens (tertiary/aromatic N) is 1. The van der Waals surface area contributed by atoms with Gasteiger partial charge < -0.3 is 10.2 Å². The Hall–Kier alpha value is -2.77. The van der Waals surface area contributed by atoms with Gasteiger partial charge in [-0.05, 0) is 42.3 Å². The number of halogens is 2. The molecule has 0 spiro atoms. The number of hydrogen-bond donors (Lipinski definition) is 2. The predicted octanol–water partition coefficient (Wildman–Crippen LogP) is 4.97. The highest BCUT2D eigenvalue weighted by molar-refractivity contribution is 7.13.